The Morgan fingerprint density at radius 2 is 1.74 bits per heavy atom. The molecule has 1 aliphatic heterocycles. The summed E-state index contributed by atoms with van der Waals surface area (Å²) >= 11 is 2.26. The molecular weight excluding hydrogens is 561 g/mol. The van der Waals surface area contributed by atoms with Crippen LogP contribution in [0.3, 0.4) is 0 Å². The van der Waals surface area contributed by atoms with Crippen LogP contribution in [0.25, 0.3) is 0 Å². The maximum absolute atomic E-state index is 13.0. The molecule has 1 amide bonds. The molecule has 0 aromatic heterocycles. The number of aliphatic hydroxyl groups excluding tert-OH is 1. The molecule has 8 heteroatoms. The van der Waals surface area contributed by atoms with Crippen LogP contribution in [0.5, 0.6) is 0 Å². The highest BCUT2D eigenvalue weighted by Crippen LogP contribution is 2.38. The normalized spacial score (nSPS) is 19.6. The number of nitrogens with one attached hydrogen (secondary N) is 1. The molecule has 3 atom stereocenters. The van der Waals surface area contributed by atoms with Crippen molar-refractivity contribution in [1.29, 1.82) is 0 Å². The number of rotatable bonds is 14. The van der Waals surface area contributed by atoms with Crippen molar-refractivity contribution >= 4 is 28.5 Å². The van der Waals surface area contributed by atoms with E-state index in [1.807, 2.05) is 55.5 Å². The molecule has 1 heterocycles. The van der Waals surface area contributed by atoms with Crippen LogP contribution < -0.4 is 5.32 Å². The first kappa shape index (κ1) is 27.6. The van der Waals surface area contributed by atoms with E-state index in [-0.39, 0.29) is 30.1 Å². The zero-order valence-corrected chi connectivity index (χ0v) is 22.2. The van der Waals surface area contributed by atoms with Crippen LogP contribution in [-0.2, 0) is 30.3 Å². The Balaban J connectivity index is 1.70. The maximum Gasteiger partial charge on any atom is 0.286 e. The molecule has 0 saturated carbocycles. The monoisotopic (exact) mass is 595 g/mol. The number of hydrogen-bond donors (Lipinski definition) is 2. The number of hydrogen-bond acceptors (Lipinski definition) is 6. The smallest absolute Gasteiger partial charge is 0.286 e. The lowest BCUT2D eigenvalue weighted by Crippen LogP contribution is -2.39. The van der Waals surface area contributed by atoms with Crippen molar-refractivity contribution in [2.45, 2.75) is 32.1 Å². The van der Waals surface area contributed by atoms with E-state index in [1.54, 1.807) is 0 Å². The maximum atomic E-state index is 13.0. The molecule has 0 fully saturated rings. The Morgan fingerprint density at radius 1 is 1.03 bits per heavy atom. The van der Waals surface area contributed by atoms with Gasteiger partial charge in [-0.05, 0) is 65.3 Å². The van der Waals surface area contributed by atoms with Crippen LogP contribution in [0, 0.1) is 9.49 Å². The van der Waals surface area contributed by atoms with E-state index < -0.39 is 6.29 Å². The third-order valence-corrected chi connectivity index (χ3v) is 6.41. The Kier molecular flexibility index (Phi) is 12.0. The van der Waals surface area contributed by atoms with E-state index in [1.165, 1.54) is 0 Å². The summed E-state index contributed by atoms with van der Waals surface area (Å²) < 4.78 is 24.2. The van der Waals surface area contributed by atoms with Crippen LogP contribution in [0.4, 0.5) is 0 Å². The summed E-state index contributed by atoms with van der Waals surface area (Å²) in [6.45, 7) is 4.50. The molecule has 0 aliphatic carbocycles. The van der Waals surface area contributed by atoms with E-state index in [2.05, 4.69) is 40.0 Å². The molecule has 2 N–H and O–H groups in total. The number of amides is 1. The van der Waals surface area contributed by atoms with Gasteiger partial charge in [0.2, 0.25) is 6.29 Å². The van der Waals surface area contributed by atoms with Crippen molar-refractivity contribution in [2.24, 2.45) is 5.92 Å². The van der Waals surface area contributed by atoms with E-state index in [0.29, 0.717) is 46.0 Å². The molecule has 35 heavy (non-hydrogen) atoms. The highest BCUT2D eigenvalue weighted by molar-refractivity contribution is 14.1. The minimum absolute atomic E-state index is 0.00116. The van der Waals surface area contributed by atoms with Gasteiger partial charge in [0, 0.05) is 35.2 Å². The van der Waals surface area contributed by atoms with Gasteiger partial charge in [-0.3, -0.25) is 4.79 Å². The Labute approximate surface area is 220 Å². The highest BCUT2D eigenvalue weighted by Gasteiger charge is 2.37. The Morgan fingerprint density at radius 3 is 2.43 bits per heavy atom. The molecule has 190 valence electrons. The van der Waals surface area contributed by atoms with E-state index in [0.717, 1.165) is 14.7 Å². The Hall–Kier alpha value is -1.98. The van der Waals surface area contributed by atoms with Crippen molar-refractivity contribution in [3.63, 3.8) is 0 Å². The summed E-state index contributed by atoms with van der Waals surface area (Å²) in [6, 6.07) is 18.1. The van der Waals surface area contributed by atoms with Gasteiger partial charge in [-0.25, -0.2) is 0 Å². The molecule has 0 unspecified atom stereocenters. The summed E-state index contributed by atoms with van der Waals surface area (Å²) in [6.07, 6.45) is 2.03. The first-order valence-electron chi connectivity index (χ1n) is 12.0. The summed E-state index contributed by atoms with van der Waals surface area (Å²) in [4.78, 5) is 13.0. The number of ether oxygens (including phenoxy) is 4. The highest BCUT2D eigenvalue weighted by atomic mass is 127. The lowest BCUT2D eigenvalue weighted by molar-refractivity contribution is -0.168. The van der Waals surface area contributed by atoms with Crippen LogP contribution in [0.1, 0.15) is 30.4 Å². The molecule has 2 aromatic carbocycles. The molecule has 2 aromatic rings. The van der Waals surface area contributed by atoms with Crippen LogP contribution >= 0.6 is 22.6 Å². The zero-order valence-electron chi connectivity index (χ0n) is 20.0. The van der Waals surface area contributed by atoms with Crippen molar-refractivity contribution in [1.82, 2.24) is 5.32 Å². The fourth-order valence-electron chi connectivity index (χ4n) is 3.97. The van der Waals surface area contributed by atoms with E-state index in [9.17, 15) is 4.79 Å². The lowest BCUT2D eigenvalue weighted by atomic mass is 9.81. The van der Waals surface area contributed by atoms with Crippen LogP contribution in [0.15, 0.2) is 66.4 Å². The number of carbonyl (C=O) groups excluding carboxylic acids is 1. The quantitative estimate of drug-likeness (QED) is 0.254. The number of allylic oxidation sites excluding steroid dienone is 1. The SMILES string of the molecule is CCO[C@H]1OC(C(=O)NCc2ccc(I)cc2)=C[C@@H](c2ccccc2)[C@H]1CCOCCOCCO. The van der Waals surface area contributed by atoms with Crippen LogP contribution in [0.2, 0.25) is 0 Å². The number of halogens is 1. The molecule has 0 bridgehead atoms. The van der Waals surface area contributed by atoms with Gasteiger partial charge in [0.15, 0.2) is 5.76 Å². The van der Waals surface area contributed by atoms with Gasteiger partial charge in [-0.15, -0.1) is 0 Å². The summed E-state index contributed by atoms with van der Waals surface area (Å²) in [5.41, 5.74) is 2.12. The predicted molar refractivity (Wildman–Crippen MR) is 142 cm³/mol. The van der Waals surface area contributed by atoms with Gasteiger partial charge < -0.3 is 29.4 Å². The fourth-order valence-corrected chi connectivity index (χ4v) is 4.33. The van der Waals surface area contributed by atoms with Gasteiger partial charge in [0.1, 0.15) is 0 Å². The second-order valence-corrected chi connectivity index (χ2v) is 9.36. The lowest BCUT2D eigenvalue weighted by Gasteiger charge is -2.37. The van der Waals surface area contributed by atoms with Crippen molar-refractivity contribution < 1.29 is 28.8 Å². The molecule has 0 saturated heterocycles. The predicted octanol–water partition coefficient (Wildman–Crippen LogP) is 4.00. The first-order valence-corrected chi connectivity index (χ1v) is 13.0. The largest absolute Gasteiger partial charge is 0.459 e. The van der Waals surface area contributed by atoms with Gasteiger partial charge in [0.05, 0.1) is 26.4 Å². The average Bonchev–Trinajstić information content (AvgIpc) is 2.88. The van der Waals surface area contributed by atoms with Crippen LogP contribution in [-0.4, -0.2) is 56.9 Å². The number of benzene rings is 2. The van der Waals surface area contributed by atoms with E-state index >= 15 is 0 Å². The van der Waals surface area contributed by atoms with Gasteiger partial charge in [0.25, 0.3) is 5.91 Å². The number of carbonyl (C=O) groups is 1. The van der Waals surface area contributed by atoms with Gasteiger partial charge in [-0.2, -0.15) is 0 Å². The second kappa shape index (κ2) is 15.2. The van der Waals surface area contributed by atoms with Crippen molar-refractivity contribution in [3.8, 4) is 0 Å². The zero-order chi connectivity index (χ0) is 24.9. The molecule has 1 aliphatic rings. The first-order chi connectivity index (χ1) is 17.1. The summed E-state index contributed by atoms with van der Waals surface area (Å²) in [5, 5.41) is 11.8. The fraction of sp³-hybridized carbons (Fsp3) is 0.444. The van der Waals surface area contributed by atoms with Gasteiger partial charge >= 0.3 is 0 Å². The molecule has 3 rings (SSSR count). The molecule has 7 nitrogen and oxygen atoms in total. The minimum atomic E-state index is -0.566. The molecule has 0 radical (unpaired) electrons. The number of aliphatic hydroxyl groups is 1. The van der Waals surface area contributed by atoms with Gasteiger partial charge in [-0.1, -0.05) is 42.5 Å². The van der Waals surface area contributed by atoms with E-state index in [4.69, 9.17) is 24.1 Å². The summed E-state index contributed by atoms with van der Waals surface area (Å²) in [7, 11) is 0. The Bertz CT molecular complexity index is 921. The minimum Gasteiger partial charge on any atom is -0.459 e. The second-order valence-electron chi connectivity index (χ2n) is 8.12. The average molecular weight is 595 g/mol. The molecule has 0 spiro atoms. The topological polar surface area (TPSA) is 86.3 Å². The third-order valence-electron chi connectivity index (χ3n) is 5.69. The van der Waals surface area contributed by atoms with Crippen molar-refractivity contribution in [3.05, 3.63) is 81.1 Å². The third kappa shape index (κ3) is 8.88. The van der Waals surface area contributed by atoms with Crippen molar-refractivity contribution in [2.75, 3.05) is 39.6 Å². The standard InChI is InChI=1S/C27H34INO6/c1-2-34-27-23(12-14-32-16-17-33-15-13-30)24(21-6-4-3-5-7-21)18-25(35-27)26(31)29-19-20-8-10-22(28)11-9-20/h3-11,18,23-24,27,30H,2,12-17,19H2,1H3,(H,29,31)/t23-,24+,27+/m1/s1. The molecular formula is C27H34INO6. The summed E-state index contributed by atoms with van der Waals surface area (Å²) in [5.74, 6) is -0.0689.